The first-order valence-electron chi connectivity index (χ1n) is 13.9. The zero-order valence-electron chi connectivity index (χ0n) is 22.6. The van der Waals surface area contributed by atoms with Crippen molar-refractivity contribution in [1.82, 2.24) is 25.3 Å². The van der Waals surface area contributed by atoms with Crippen molar-refractivity contribution in [2.24, 2.45) is 5.92 Å². The number of amides is 1. The summed E-state index contributed by atoms with van der Waals surface area (Å²) in [5.74, 6) is 1.11. The monoisotopic (exact) mass is 520 g/mol. The maximum atomic E-state index is 13.2. The van der Waals surface area contributed by atoms with Gasteiger partial charge in [-0.05, 0) is 67.5 Å². The van der Waals surface area contributed by atoms with Crippen LogP contribution in [0.4, 0.5) is 0 Å². The molecule has 2 atom stereocenters. The summed E-state index contributed by atoms with van der Waals surface area (Å²) >= 11 is 0. The smallest absolute Gasteiger partial charge is 0.274 e. The fourth-order valence-electron chi connectivity index (χ4n) is 6.59. The average Bonchev–Trinajstić information content (AvgIpc) is 3.09. The number of benzene rings is 1. The van der Waals surface area contributed by atoms with Crippen molar-refractivity contribution in [3.05, 3.63) is 80.9 Å². The van der Waals surface area contributed by atoms with Gasteiger partial charge in [0.15, 0.2) is 5.82 Å². The van der Waals surface area contributed by atoms with Crippen molar-refractivity contribution in [3.8, 4) is 0 Å². The van der Waals surface area contributed by atoms with Crippen LogP contribution < -0.4 is 10.6 Å². The van der Waals surface area contributed by atoms with Gasteiger partial charge >= 0.3 is 0 Å². The molecule has 0 saturated carbocycles. The van der Waals surface area contributed by atoms with Gasteiger partial charge in [0.1, 0.15) is 0 Å². The molecule has 9 nitrogen and oxygen atoms in total. The van der Waals surface area contributed by atoms with Crippen molar-refractivity contribution in [2.45, 2.75) is 51.1 Å². The van der Waals surface area contributed by atoms with Crippen LogP contribution in [0.25, 0.3) is 0 Å². The van der Waals surface area contributed by atoms with E-state index in [1.54, 1.807) is 7.05 Å². The number of piperidine rings is 1. The Balaban J connectivity index is 1.19. The number of nitrogens with one attached hydrogen (secondary N) is 2. The lowest BCUT2D eigenvalue weighted by molar-refractivity contribution is -0.404. The predicted molar refractivity (Wildman–Crippen MR) is 148 cm³/mol. The number of hydrogen-bond donors (Lipinski definition) is 2. The Bertz CT molecular complexity index is 1130. The first kappa shape index (κ1) is 26.3. The van der Waals surface area contributed by atoms with Crippen LogP contribution in [-0.4, -0.2) is 77.9 Å². The van der Waals surface area contributed by atoms with Gasteiger partial charge in [0.05, 0.1) is 17.0 Å². The molecule has 1 amide bonds. The molecule has 204 valence electrons. The summed E-state index contributed by atoms with van der Waals surface area (Å²) in [6, 6.07) is 7.44. The number of piperazine rings is 1. The van der Waals surface area contributed by atoms with Crippen LogP contribution in [0.5, 0.6) is 0 Å². The minimum Gasteiger partial charge on any atom is -0.382 e. The summed E-state index contributed by atoms with van der Waals surface area (Å²) in [7, 11) is 1.71. The number of dihydropyridines is 1. The average molecular weight is 521 g/mol. The molecule has 0 spiro atoms. The van der Waals surface area contributed by atoms with Crippen molar-refractivity contribution in [3.63, 3.8) is 0 Å². The fraction of sp³-hybridized carbons (Fsp3) is 0.552. The van der Waals surface area contributed by atoms with E-state index in [9.17, 15) is 14.9 Å². The summed E-state index contributed by atoms with van der Waals surface area (Å²) < 4.78 is 0. The number of nitrogens with zero attached hydrogens (tertiary/aromatic N) is 4. The molecule has 2 N–H and O–H groups in total. The van der Waals surface area contributed by atoms with E-state index in [0.29, 0.717) is 18.2 Å². The first-order valence-corrected chi connectivity index (χ1v) is 13.9. The van der Waals surface area contributed by atoms with Crippen LogP contribution in [0, 0.1) is 23.0 Å². The second kappa shape index (κ2) is 11.6. The van der Waals surface area contributed by atoms with Gasteiger partial charge in [-0.2, -0.15) is 0 Å². The maximum absolute atomic E-state index is 13.2. The lowest BCUT2D eigenvalue weighted by atomic mass is 9.90. The van der Waals surface area contributed by atoms with Crippen LogP contribution in [0.3, 0.4) is 0 Å². The molecule has 3 heterocycles. The van der Waals surface area contributed by atoms with Crippen molar-refractivity contribution >= 4 is 5.91 Å². The standard InChI is InChI=1S/C29H40N6O3/c1-21-5-8-25-24(18-21)7-6-23-4-3-11-31-28(23)29(25)34-16-14-33(15-17-34)27(36)19-22-9-12-32(13-10-22)26(30-2)20-35(37)38/h3-5,8,11,18,20,22,28-31H,6-7,9-10,12-17,19H2,1-2H3/b26-20+. The second-order valence-corrected chi connectivity index (χ2v) is 11.0. The Labute approximate surface area is 225 Å². The number of nitro groups is 1. The van der Waals surface area contributed by atoms with E-state index in [1.165, 1.54) is 22.3 Å². The van der Waals surface area contributed by atoms with Gasteiger partial charge in [0.25, 0.3) is 6.20 Å². The molecule has 5 rings (SSSR count). The van der Waals surface area contributed by atoms with Gasteiger partial charge in [-0.1, -0.05) is 29.8 Å². The Hall–Kier alpha value is -3.33. The Kier molecular flexibility index (Phi) is 8.02. The van der Waals surface area contributed by atoms with Crippen LogP contribution in [0.15, 0.2) is 54.1 Å². The summed E-state index contributed by atoms with van der Waals surface area (Å²) in [5.41, 5.74) is 5.65. The number of carbonyl (C=O) groups is 1. The van der Waals surface area contributed by atoms with E-state index < -0.39 is 4.92 Å². The number of hydrogen-bond acceptors (Lipinski definition) is 7. The highest BCUT2D eigenvalue weighted by atomic mass is 16.6. The van der Waals surface area contributed by atoms with Crippen LogP contribution in [0.1, 0.15) is 48.4 Å². The van der Waals surface area contributed by atoms with E-state index >= 15 is 0 Å². The topological polar surface area (TPSA) is 94.0 Å². The third-order valence-electron chi connectivity index (χ3n) is 8.66. The molecule has 0 radical (unpaired) electrons. The van der Waals surface area contributed by atoms with Gasteiger partial charge in [0, 0.05) is 52.7 Å². The van der Waals surface area contributed by atoms with Crippen LogP contribution >= 0.6 is 0 Å². The largest absolute Gasteiger partial charge is 0.382 e. The molecule has 3 aliphatic heterocycles. The summed E-state index contributed by atoms with van der Waals surface area (Å²) in [6.07, 6.45) is 11.9. The Morgan fingerprint density at radius 2 is 1.89 bits per heavy atom. The highest BCUT2D eigenvalue weighted by Crippen LogP contribution is 2.38. The summed E-state index contributed by atoms with van der Waals surface area (Å²) in [6.45, 7) is 6.88. The number of rotatable bonds is 6. The van der Waals surface area contributed by atoms with Crippen LogP contribution in [0.2, 0.25) is 0 Å². The molecule has 2 saturated heterocycles. The Morgan fingerprint density at radius 1 is 1.13 bits per heavy atom. The van der Waals surface area contributed by atoms with Gasteiger partial charge in [-0.3, -0.25) is 19.8 Å². The van der Waals surface area contributed by atoms with Crippen molar-refractivity contribution in [1.29, 1.82) is 0 Å². The zero-order chi connectivity index (χ0) is 26.6. The highest BCUT2D eigenvalue weighted by molar-refractivity contribution is 5.76. The molecular weight excluding hydrogens is 480 g/mol. The molecule has 9 heteroatoms. The summed E-state index contributed by atoms with van der Waals surface area (Å²) in [4.78, 5) is 30.3. The molecule has 1 aliphatic carbocycles. The van der Waals surface area contributed by atoms with E-state index in [2.05, 4.69) is 59.0 Å². The lowest BCUT2D eigenvalue weighted by Crippen LogP contribution is -2.53. The molecule has 4 aliphatic rings. The van der Waals surface area contributed by atoms with Crippen LogP contribution in [-0.2, 0) is 11.2 Å². The summed E-state index contributed by atoms with van der Waals surface area (Å²) in [5, 5.41) is 17.5. The predicted octanol–water partition coefficient (Wildman–Crippen LogP) is 2.94. The second-order valence-electron chi connectivity index (χ2n) is 11.0. The number of carbonyl (C=O) groups excluding carboxylic acids is 1. The normalized spacial score (nSPS) is 24.6. The molecule has 2 unspecified atom stereocenters. The molecule has 0 bridgehead atoms. The third kappa shape index (κ3) is 5.72. The molecular formula is C29H40N6O3. The number of aryl methyl sites for hydroxylation is 2. The zero-order valence-corrected chi connectivity index (χ0v) is 22.6. The first-order chi connectivity index (χ1) is 18.4. The van der Waals surface area contributed by atoms with Gasteiger partial charge in [-0.25, -0.2) is 0 Å². The third-order valence-corrected chi connectivity index (χ3v) is 8.66. The molecule has 1 aromatic carbocycles. The van der Waals surface area contributed by atoms with E-state index in [4.69, 9.17) is 0 Å². The molecule has 2 fully saturated rings. The SMILES string of the molecule is CN/C(=C\[N+](=O)[O-])N1CCC(CC(=O)N2CCN(C3c4ccc(C)cc4CCC4=CC=CNC43)CC2)CC1. The van der Waals surface area contributed by atoms with Crippen molar-refractivity contribution < 1.29 is 9.72 Å². The quantitative estimate of drug-likeness (QED) is 0.440. The molecule has 1 aromatic rings. The molecule has 0 aromatic heterocycles. The highest BCUT2D eigenvalue weighted by Gasteiger charge is 2.37. The number of likely N-dealkylation sites (tertiary alicyclic amines) is 1. The number of fused-ring (bicyclic) bond motifs is 2. The maximum Gasteiger partial charge on any atom is 0.274 e. The van der Waals surface area contributed by atoms with Gasteiger partial charge in [0.2, 0.25) is 5.91 Å². The lowest BCUT2D eigenvalue weighted by Gasteiger charge is -2.43. The number of allylic oxidation sites excluding steroid dienone is 2. The van der Waals surface area contributed by atoms with Crippen molar-refractivity contribution in [2.75, 3.05) is 46.3 Å². The van der Waals surface area contributed by atoms with Gasteiger partial charge < -0.3 is 20.4 Å². The fourth-order valence-corrected chi connectivity index (χ4v) is 6.59. The van der Waals surface area contributed by atoms with E-state index in [-0.39, 0.29) is 18.0 Å². The van der Waals surface area contributed by atoms with Gasteiger partial charge in [-0.15, -0.1) is 0 Å². The van der Waals surface area contributed by atoms with E-state index in [0.717, 1.165) is 71.2 Å². The minimum atomic E-state index is -0.423. The molecule has 38 heavy (non-hydrogen) atoms. The minimum absolute atomic E-state index is 0.244. The van der Waals surface area contributed by atoms with E-state index in [1.807, 2.05) is 9.80 Å². The Morgan fingerprint density at radius 3 is 2.61 bits per heavy atom.